The smallest absolute Gasteiger partial charge is 0.123 e. The van der Waals surface area contributed by atoms with Gasteiger partial charge in [-0.2, -0.15) is 0 Å². The second-order valence-electron chi connectivity index (χ2n) is 6.92. The van der Waals surface area contributed by atoms with E-state index < -0.39 is 0 Å². The first-order valence-electron chi connectivity index (χ1n) is 7.29. The molecule has 2 heteroatoms. The zero-order valence-corrected chi connectivity index (χ0v) is 12.8. The van der Waals surface area contributed by atoms with Gasteiger partial charge in [0.15, 0.2) is 0 Å². The standard InChI is InChI=1S/C17H26FN/c1-6-14(12-7-9-13(18)10-8-12)19-11-15-16(2,3)17(15,4)5/h7-10,14-15,19H,6,11H2,1-5H3. The predicted octanol–water partition coefficient (Wildman–Crippen LogP) is 4.55. The molecule has 0 radical (unpaired) electrons. The highest BCUT2D eigenvalue weighted by Crippen LogP contribution is 2.68. The Morgan fingerprint density at radius 1 is 1.11 bits per heavy atom. The SMILES string of the molecule is CCC(NCC1C(C)(C)C1(C)C)c1ccc(F)cc1. The van der Waals surface area contributed by atoms with Gasteiger partial charge in [0.1, 0.15) is 5.82 Å². The third-order valence-corrected chi connectivity index (χ3v) is 5.57. The minimum Gasteiger partial charge on any atom is -0.310 e. The summed E-state index contributed by atoms with van der Waals surface area (Å²) in [6.45, 7) is 12.6. The molecule has 1 saturated carbocycles. The lowest BCUT2D eigenvalue weighted by atomic mass is 10.0. The maximum atomic E-state index is 13.0. The third-order valence-electron chi connectivity index (χ3n) is 5.57. The second kappa shape index (κ2) is 4.90. The van der Waals surface area contributed by atoms with Crippen LogP contribution in [0.15, 0.2) is 24.3 Å². The van der Waals surface area contributed by atoms with Crippen molar-refractivity contribution < 1.29 is 4.39 Å². The first-order valence-corrected chi connectivity index (χ1v) is 7.29. The monoisotopic (exact) mass is 263 g/mol. The van der Waals surface area contributed by atoms with Crippen LogP contribution in [0.4, 0.5) is 4.39 Å². The molecule has 106 valence electrons. The number of halogens is 1. The highest BCUT2D eigenvalue weighted by atomic mass is 19.1. The van der Waals surface area contributed by atoms with Gasteiger partial charge >= 0.3 is 0 Å². The summed E-state index contributed by atoms with van der Waals surface area (Å²) >= 11 is 0. The first-order chi connectivity index (χ1) is 8.80. The van der Waals surface area contributed by atoms with Crippen LogP contribution in [0.1, 0.15) is 52.6 Å². The Labute approximate surface area is 116 Å². The number of nitrogens with one attached hydrogen (secondary N) is 1. The van der Waals surface area contributed by atoms with Crippen LogP contribution < -0.4 is 5.32 Å². The summed E-state index contributed by atoms with van der Waals surface area (Å²) in [7, 11) is 0. The lowest BCUT2D eigenvalue weighted by Gasteiger charge is -2.18. The molecule has 1 fully saturated rings. The average molecular weight is 263 g/mol. The molecule has 1 aromatic carbocycles. The van der Waals surface area contributed by atoms with E-state index in [1.54, 1.807) is 12.1 Å². The highest BCUT2D eigenvalue weighted by Gasteiger charge is 2.63. The number of hydrogen-bond donors (Lipinski definition) is 1. The van der Waals surface area contributed by atoms with E-state index in [-0.39, 0.29) is 5.82 Å². The van der Waals surface area contributed by atoms with Crippen LogP contribution in [0.3, 0.4) is 0 Å². The maximum Gasteiger partial charge on any atom is 0.123 e. The molecule has 0 bridgehead atoms. The topological polar surface area (TPSA) is 12.0 Å². The van der Waals surface area contributed by atoms with Gasteiger partial charge in [-0.1, -0.05) is 46.8 Å². The van der Waals surface area contributed by atoms with Gasteiger partial charge in [0.2, 0.25) is 0 Å². The molecular weight excluding hydrogens is 237 g/mol. The molecule has 0 spiro atoms. The van der Waals surface area contributed by atoms with Crippen LogP contribution in [-0.4, -0.2) is 6.54 Å². The van der Waals surface area contributed by atoms with E-state index in [4.69, 9.17) is 0 Å². The van der Waals surface area contributed by atoms with E-state index in [1.807, 2.05) is 12.1 Å². The Hall–Kier alpha value is -0.890. The molecule has 0 aliphatic heterocycles. The fourth-order valence-corrected chi connectivity index (χ4v) is 3.30. The molecule has 1 unspecified atom stereocenters. The molecule has 19 heavy (non-hydrogen) atoms. The minimum atomic E-state index is -0.164. The normalized spacial score (nSPS) is 22.2. The first kappa shape index (κ1) is 14.5. The van der Waals surface area contributed by atoms with Crippen molar-refractivity contribution in [3.05, 3.63) is 35.6 Å². The molecule has 1 aliphatic rings. The van der Waals surface area contributed by atoms with E-state index in [2.05, 4.69) is 39.9 Å². The Kier molecular flexibility index (Phi) is 3.74. The van der Waals surface area contributed by atoms with Gasteiger partial charge in [0.05, 0.1) is 0 Å². The lowest BCUT2D eigenvalue weighted by molar-refractivity contribution is 0.457. The summed E-state index contributed by atoms with van der Waals surface area (Å²) < 4.78 is 13.0. The molecule has 0 heterocycles. The molecule has 2 rings (SSSR count). The van der Waals surface area contributed by atoms with E-state index >= 15 is 0 Å². The Bertz CT molecular complexity index is 419. The minimum absolute atomic E-state index is 0.164. The second-order valence-corrected chi connectivity index (χ2v) is 6.92. The van der Waals surface area contributed by atoms with Crippen LogP contribution in [0.5, 0.6) is 0 Å². The Morgan fingerprint density at radius 3 is 2.05 bits per heavy atom. The van der Waals surface area contributed by atoms with Crippen molar-refractivity contribution in [1.82, 2.24) is 5.32 Å². The highest BCUT2D eigenvalue weighted by molar-refractivity contribution is 5.20. The fraction of sp³-hybridized carbons (Fsp3) is 0.647. The molecule has 1 atom stereocenters. The average Bonchev–Trinajstić information content (AvgIpc) is 2.73. The van der Waals surface area contributed by atoms with Crippen molar-refractivity contribution in [3.8, 4) is 0 Å². The van der Waals surface area contributed by atoms with Gasteiger partial charge in [0.25, 0.3) is 0 Å². The van der Waals surface area contributed by atoms with Gasteiger partial charge in [-0.05, 0) is 47.4 Å². The molecule has 1 nitrogen and oxygen atoms in total. The molecule has 0 amide bonds. The summed E-state index contributed by atoms with van der Waals surface area (Å²) in [5.74, 6) is 0.553. The van der Waals surface area contributed by atoms with Gasteiger partial charge in [-0.3, -0.25) is 0 Å². The number of hydrogen-bond acceptors (Lipinski definition) is 1. The Morgan fingerprint density at radius 2 is 1.63 bits per heavy atom. The largest absolute Gasteiger partial charge is 0.310 e. The van der Waals surface area contributed by atoms with Crippen molar-refractivity contribution in [3.63, 3.8) is 0 Å². The van der Waals surface area contributed by atoms with Crippen molar-refractivity contribution in [2.24, 2.45) is 16.7 Å². The Balaban J connectivity index is 1.96. The summed E-state index contributed by atoms with van der Waals surface area (Å²) in [5.41, 5.74) is 2.02. The lowest BCUT2D eigenvalue weighted by Crippen LogP contribution is -2.24. The number of benzene rings is 1. The summed E-state index contributed by atoms with van der Waals surface area (Å²) in [6, 6.07) is 7.20. The van der Waals surface area contributed by atoms with Crippen molar-refractivity contribution >= 4 is 0 Å². The van der Waals surface area contributed by atoms with E-state index in [9.17, 15) is 4.39 Å². The zero-order valence-electron chi connectivity index (χ0n) is 12.8. The maximum absolute atomic E-state index is 13.0. The van der Waals surface area contributed by atoms with Gasteiger partial charge in [-0.15, -0.1) is 0 Å². The van der Waals surface area contributed by atoms with Crippen LogP contribution in [-0.2, 0) is 0 Å². The fourth-order valence-electron chi connectivity index (χ4n) is 3.30. The molecule has 1 N–H and O–H groups in total. The predicted molar refractivity (Wildman–Crippen MR) is 78.5 cm³/mol. The van der Waals surface area contributed by atoms with Gasteiger partial charge < -0.3 is 5.32 Å². The van der Waals surface area contributed by atoms with Gasteiger partial charge in [0, 0.05) is 6.04 Å². The zero-order chi connectivity index (χ0) is 14.3. The van der Waals surface area contributed by atoms with Crippen LogP contribution in [0.25, 0.3) is 0 Å². The van der Waals surface area contributed by atoms with Crippen LogP contribution >= 0.6 is 0 Å². The number of rotatable bonds is 5. The molecule has 1 aliphatic carbocycles. The molecule has 0 saturated heterocycles. The van der Waals surface area contributed by atoms with E-state index in [0.29, 0.717) is 16.9 Å². The van der Waals surface area contributed by atoms with Crippen molar-refractivity contribution in [1.29, 1.82) is 0 Å². The van der Waals surface area contributed by atoms with Crippen LogP contribution in [0.2, 0.25) is 0 Å². The van der Waals surface area contributed by atoms with Crippen molar-refractivity contribution in [2.75, 3.05) is 6.54 Å². The van der Waals surface area contributed by atoms with E-state index in [1.165, 1.54) is 5.56 Å². The summed E-state index contributed by atoms with van der Waals surface area (Å²) in [5, 5.41) is 3.66. The summed E-state index contributed by atoms with van der Waals surface area (Å²) in [6.07, 6.45) is 1.03. The summed E-state index contributed by atoms with van der Waals surface area (Å²) in [4.78, 5) is 0. The quantitative estimate of drug-likeness (QED) is 0.822. The van der Waals surface area contributed by atoms with Gasteiger partial charge in [-0.25, -0.2) is 4.39 Å². The van der Waals surface area contributed by atoms with Crippen molar-refractivity contribution in [2.45, 2.75) is 47.1 Å². The van der Waals surface area contributed by atoms with E-state index in [0.717, 1.165) is 18.9 Å². The third kappa shape index (κ3) is 2.55. The molecule has 0 aromatic heterocycles. The molecule has 1 aromatic rings. The van der Waals surface area contributed by atoms with Crippen LogP contribution in [0, 0.1) is 22.6 Å². The molecular formula is C17H26FN.